The van der Waals surface area contributed by atoms with Gasteiger partial charge in [0.25, 0.3) is 0 Å². The molecule has 0 bridgehead atoms. The lowest BCUT2D eigenvalue weighted by atomic mass is 10.1. The van der Waals surface area contributed by atoms with Crippen molar-refractivity contribution in [1.82, 2.24) is 15.0 Å². The van der Waals surface area contributed by atoms with Crippen LogP contribution < -0.4 is 0 Å². The van der Waals surface area contributed by atoms with Crippen molar-refractivity contribution in [3.63, 3.8) is 0 Å². The monoisotopic (exact) mass is 311 g/mol. The normalized spacial score (nSPS) is 12.0. The van der Waals surface area contributed by atoms with Crippen LogP contribution in [0.3, 0.4) is 0 Å². The second-order valence-electron chi connectivity index (χ2n) is 5.16. The fourth-order valence-electron chi connectivity index (χ4n) is 2.87. The molecule has 1 N–H and O–H groups in total. The van der Waals surface area contributed by atoms with E-state index in [1.807, 2.05) is 36.4 Å². The number of aromatic carboxylic acids is 1. The number of benzene rings is 2. The summed E-state index contributed by atoms with van der Waals surface area (Å²) in [5.74, 6) is -1.06. The molecule has 22 heavy (non-hydrogen) atoms. The van der Waals surface area contributed by atoms with Gasteiger partial charge in [-0.3, -0.25) is 0 Å². The zero-order valence-corrected chi connectivity index (χ0v) is 12.1. The minimum Gasteiger partial charge on any atom is -0.476 e. The molecule has 0 saturated carbocycles. The van der Waals surface area contributed by atoms with E-state index in [1.54, 1.807) is 0 Å². The van der Waals surface area contributed by atoms with E-state index in [0.717, 1.165) is 22.6 Å². The second-order valence-corrected chi connectivity index (χ2v) is 5.59. The quantitative estimate of drug-likeness (QED) is 0.617. The number of halogens is 1. The number of carbonyl (C=O) groups is 1. The van der Waals surface area contributed by atoms with Gasteiger partial charge in [-0.1, -0.05) is 28.9 Å². The van der Waals surface area contributed by atoms with Gasteiger partial charge in [-0.2, -0.15) is 0 Å². The summed E-state index contributed by atoms with van der Waals surface area (Å²) in [6.07, 6.45) is 2.01. The first-order valence-corrected chi connectivity index (χ1v) is 7.07. The zero-order chi connectivity index (χ0) is 15.3. The van der Waals surface area contributed by atoms with E-state index in [9.17, 15) is 4.79 Å². The molecule has 108 valence electrons. The molecule has 1 aromatic heterocycles. The first-order valence-electron chi connectivity index (χ1n) is 6.69. The van der Waals surface area contributed by atoms with Gasteiger partial charge in [0, 0.05) is 5.02 Å². The Bertz CT molecular complexity index is 918. The van der Waals surface area contributed by atoms with Crippen molar-refractivity contribution in [3.8, 4) is 16.8 Å². The standard InChI is InChI=1S/C16H10ClN3O2/c17-11-1-3-13-9(6-11)5-10-7-12(2-4-14(10)13)20-15(16(21)22)8-18-19-20/h1-4,6-8H,5H2,(H,21,22). The molecule has 1 aliphatic rings. The highest BCUT2D eigenvalue weighted by atomic mass is 35.5. The summed E-state index contributed by atoms with van der Waals surface area (Å²) >= 11 is 6.05. The van der Waals surface area contributed by atoms with Crippen LogP contribution in [-0.4, -0.2) is 26.1 Å². The molecule has 0 radical (unpaired) electrons. The maximum Gasteiger partial charge on any atom is 0.356 e. The molecule has 5 nitrogen and oxygen atoms in total. The van der Waals surface area contributed by atoms with Gasteiger partial charge >= 0.3 is 5.97 Å². The average Bonchev–Trinajstić information content (AvgIpc) is 3.10. The van der Waals surface area contributed by atoms with Crippen molar-refractivity contribution in [3.05, 3.63) is 64.4 Å². The summed E-state index contributed by atoms with van der Waals surface area (Å²) in [5.41, 5.74) is 5.35. The predicted molar refractivity (Wildman–Crippen MR) is 81.6 cm³/mol. The lowest BCUT2D eigenvalue weighted by molar-refractivity contribution is 0.0687. The Morgan fingerprint density at radius 1 is 1.14 bits per heavy atom. The van der Waals surface area contributed by atoms with Gasteiger partial charge in [0.2, 0.25) is 0 Å². The third-order valence-corrected chi connectivity index (χ3v) is 4.08. The van der Waals surface area contributed by atoms with E-state index < -0.39 is 5.97 Å². The van der Waals surface area contributed by atoms with Crippen molar-refractivity contribution < 1.29 is 9.90 Å². The molecule has 4 rings (SSSR count). The van der Waals surface area contributed by atoms with Crippen LogP contribution in [0.25, 0.3) is 16.8 Å². The van der Waals surface area contributed by atoms with E-state index in [-0.39, 0.29) is 5.69 Å². The van der Waals surface area contributed by atoms with Crippen LogP contribution in [0.5, 0.6) is 0 Å². The lowest BCUT2D eigenvalue weighted by Crippen LogP contribution is -2.08. The van der Waals surface area contributed by atoms with Gasteiger partial charge < -0.3 is 5.11 Å². The summed E-state index contributed by atoms with van der Waals surface area (Å²) in [6.45, 7) is 0. The lowest BCUT2D eigenvalue weighted by Gasteiger charge is -2.06. The molecule has 0 amide bonds. The van der Waals surface area contributed by atoms with E-state index in [1.165, 1.54) is 22.0 Å². The number of aromatic nitrogens is 3. The first kappa shape index (κ1) is 13.0. The van der Waals surface area contributed by atoms with Gasteiger partial charge in [-0.25, -0.2) is 9.48 Å². The van der Waals surface area contributed by atoms with E-state index in [4.69, 9.17) is 16.7 Å². The molecule has 6 heteroatoms. The summed E-state index contributed by atoms with van der Waals surface area (Å²) in [5, 5.41) is 17.4. The summed E-state index contributed by atoms with van der Waals surface area (Å²) < 4.78 is 1.33. The molecule has 0 aliphatic heterocycles. The van der Waals surface area contributed by atoms with Gasteiger partial charge in [0.15, 0.2) is 5.69 Å². The molecular formula is C16H10ClN3O2. The summed E-state index contributed by atoms with van der Waals surface area (Å²) in [4.78, 5) is 11.2. The van der Waals surface area contributed by atoms with Gasteiger partial charge in [-0.05, 0) is 52.9 Å². The van der Waals surface area contributed by atoms with Crippen molar-refractivity contribution in [2.24, 2.45) is 0 Å². The summed E-state index contributed by atoms with van der Waals surface area (Å²) in [7, 11) is 0. The highest BCUT2D eigenvalue weighted by molar-refractivity contribution is 6.30. The SMILES string of the molecule is O=C(O)c1cnnn1-c1ccc2c(c1)Cc1cc(Cl)ccc1-2. The van der Waals surface area contributed by atoms with Gasteiger partial charge in [-0.15, -0.1) is 5.10 Å². The van der Waals surface area contributed by atoms with Crippen LogP contribution in [0.15, 0.2) is 42.6 Å². The Morgan fingerprint density at radius 2 is 1.86 bits per heavy atom. The Labute approximate surface area is 130 Å². The van der Waals surface area contributed by atoms with E-state index in [2.05, 4.69) is 10.3 Å². The molecule has 0 unspecified atom stereocenters. The highest BCUT2D eigenvalue weighted by Gasteiger charge is 2.20. The van der Waals surface area contributed by atoms with Crippen molar-refractivity contribution in [2.75, 3.05) is 0 Å². The Balaban J connectivity index is 1.82. The molecule has 0 fully saturated rings. The van der Waals surface area contributed by atoms with Crippen LogP contribution in [-0.2, 0) is 6.42 Å². The maximum atomic E-state index is 11.2. The fourth-order valence-corrected chi connectivity index (χ4v) is 3.06. The third kappa shape index (κ3) is 1.90. The van der Waals surface area contributed by atoms with Crippen LogP contribution in [0.1, 0.15) is 21.6 Å². The second kappa shape index (κ2) is 4.68. The number of carboxylic acids is 1. The number of fused-ring (bicyclic) bond motifs is 3. The van der Waals surface area contributed by atoms with Crippen LogP contribution >= 0.6 is 11.6 Å². The van der Waals surface area contributed by atoms with E-state index in [0.29, 0.717) is 5.69 Å². The Hall–Kier alpha value is -2.66. The Morgan fingerprint density at radius 3 is 2.64 bits per heavy atom. The van der Waals surface area contributed by atoms with Crippen molar-refractivity contribution in [2.45, 2.75) is 6.42 Å². The van der Waals surface area contributed by atoms with Gasteiger partial charge in [0.05, 0.1) is 11.9 Å². The maximum absolute atomic E-state index is 11.2. The molecule has 0 saturated heterocycles. The smallest absolute Gasteiger partial charge is 0.356 e. The van der Waals surface area contributed by atoms with Crippen molar-refractivity contribution >= 4 is 17.6 Å². The number of rotatable bonds is 2. The summed E-state index contributed by atoms with van der Waals surface area (Å²) in [6, 6.07) is 11.6. The van der Waals surface area contributed by atoms with Crippen LogP contribution in [0, 0.1) is 0 Å². The minimum atomic E-state index is -1.06. The van der Waals surface area contributed by atoms with Crippen LogP contribution in [0.4, 0.5) is 0 Å². The largest absolute Gasteiger partial charge is 0.476 e. The van der Waals surface area contributed by atoms with E-state index >= 15 is 0 Å². The third-order valence-electron chi connectivity index (χ3n) is 3.84. The number of nitrogens with zero attached hydrogens (tertiary/aromatic N) is 3. The number of hydrogen-bond donors (Lipinski definition) is 1. The molecule has 0 atom stereocenters. The predicted octanol–water partition coefficient (Wildman–Crippen LogP) is 3.19. The highest BCUT2D eigenvalue weighted by Crippen LogP contribution is 2.38. The molecule has 1 heterocycles. The molecule has 2 aromatic carbocycles. The topological polar surface area (TPSA) is 68.0 Å². The number of carboxylic acid groups (broad SMARTS) is 1. The Kier molecular flexibility index (Phi) is 2.77. The average molecular weight is 312 g/mol. The minimum absolute atomic E-state index is 0.0403. The van der Waals surface area contributed by atoms with Crippen LogP contribution in [0.2, 0.25) is 5.02 Å². The zero-order valence-electron chi connectivity index (χ0n) is 11.3. The molecular weight excluding hydrogens is 302 g/mol. The molecule has 0 spiro atoms. The number of hydrogen-bond acceptors (Lipinski definition) is 3. The molecule has 1 aliphatic carbocycles. The fraction of sp³-hybridized carbons (Fsp3) is 0.0625. The molecule has 3 aromatic rings. The first-order chi connectivity index (χ1) is 10.6. The van der Waals surface area contributed by atoms with Crippen molar-refractivity contribution in [1.29, 1.82) is 0 Å². The van der Waals surface area contributed by atoms with Gasteiger partial charge in [0.1, 0.15) is 0 Å².